The average molecular weight is 612 g/mol. The van der Waals surface area contributed by atoms with Gasteiger partial charge in [0, 0.05) is 18.3 Å². The Labute approximate surface area is 281 Å². The lowest BCUT2D eigenvalue weighted by molar-refractivity contribution is 0.827. The van der Waals surface area contributed by atoms with Gasteiger partial charge in [-0.05, 0) is 101 Å². The molecule has 8 aromatic rings. The van der Waals surface area contributed by atoms with Gasteiger partial charge in [0.05, 0.1) is 0 Å². The average Bonchev–Trinajstić information content (AvgIpc) is 3.17. The highest BCUT2D eigenvalue weighted by atomic mass is 14.6. The highest BCUT2D eigenvalue weighted by Gasteiger charge is 2.20. The minimum atomic E-state index is 0.350. The van der Waals surface area contributed by atoms with Gasteiger partial charge in [-0.1, -0.05) is 158 Å². The summed E-state index contributed by atoms with van der Waals surface area (Å²) in [5, 5.41) is 5.11. The van der Waals surface area contributed by atoms with Gasteiger partial charge in [-0.2, -0.15) is 0 Å². The maximum absolute atomic E-state index is 4.28. The predicted molar refractivity (Wildman–Crippen MR) is 203 cm³/mol. The molecule has 1 atom stereocenters. The van der Waals surface area contributed by atoms with Crippen molar-refractivity contribution in [3.63, 3.8) is 0 Å². The maximum atomic E-state index is 4.28. The quantitative estimate of drug-likeness (QED) is 0.176. The summed E-state index contributed by atoms with van der Waals surface area (Å²) in [4.78, 5) is 4.28. The molecular weight excluding hydrogens is 579 g/mol. The third-order valence-electron chi connectivity index (χ3n) is 9.92. The molecule has 9 rings (SSSR count). The summed E-state index contributed by atoms with van der Waals surface area (Å²) in [6, 6.07) is 57.6. The molecule has 1 nitrogen and oxygen atoms in total. The molecule has 0 amide bonds. The molecule has 0 fully saturated rings. The summed E-state index contributed by atoms with van der Waals surface area (Å²) in [5.74, 6) is 0.350. The van der Waals surface area contributed by atoms with E-state index in [2.05, 4.69) is 169 Å². The molecule has 1 heterocycles. The summed E-state index contributed by atoms with van der Waals surface area (Å²) in [5.41, 5.74) is 14.0. The van der Waals surface area contributed by atoms with Crippen LogP contribution in [0.15, 0.2) is 176 Å². The Hall–Kier alpha value is -6.05. The van der Waals surface area contributed by atoms with Gasteiger partial charge < -0.3 is 0 Å². The number of allylic oxidation sites excluding steroid dienone is 1. The van der Waals surface area contributed by atoms with E-state index in [1.54, 1.807) is 0 Å². The van der Waals surface area contributed by atoms with Crippen molar-refractivity contribution in [2.24, 2.45) is 0 Å². The number of hydrogen-bond acceptors (Lipinski definition) is 1. The summed E-state index contributed by atoms with van der Waals surface area (Å²) < 4.78 is 0. The lowest BCUT2D eigenvalue weighted by atomic mass is 9.81. The molecule has 226 valence electrons. The summed E-state index contributed by atoms with van der Waals surface area (Å²) in [6.07, 6.45) is 9.47. The maximum Gasteiger partial charge on any atom is 0.0346 e. The Kier molecular flexibility index (Phi) is 7.02. The Morgan fingerprint density at radius 3 is 1.75 bits per heavy atom. The zero-order valence-electron chi connectivity index (χ0n) is 26.6. The largest absolute Gasteiger partial charge is 0.264 e. The standard InChI is InChI=1S/C47H33N/c1-2-11-34(12-3-1)46-42-17-4-6-19-44(42)47(45-20-7-5-18-43(45)46)38-15-8-13-37(30-38)40-21-9-14-36-29-35(26-27-41(36)40)32-22-24-33(25-23-32)39-16-10-28-48-31-39/h1-28,30-31,35H,29H2. The molecule has 1 heteroatoms. The number of nitrogens with zero attached hydrogens (tertiary/aromatic N) is 1. The third-order valence-corrected chi connectivity index (χ3v) is 9.92. The van der Waals surface area contributed by atoms with E-state index in [1.165, 1.54) is 77.2 Å². The molecule has 0 saturated carbocycles. The highest BCUT2D eigenvalue weighted by molar-refractivity contribution is 6.21. The highest BCUT2D eigenvalue weighted by Crippen LogP contribution is 2.44. The fourth-order valence-electron chi connectivity index (χ4n) is 7.64. The molecule has 1 unspecified atom stereocenters. The Morgan fingerprint density at radius 2 is 1.06 bits per heavy atom. The third kappa shape index (κ3) is 4.92. The Balaban J connectivity index is 1.12. The van der Waals surface area contributed by atoms with Gasteiger partial charge in [0.2, 0.25) is 0 Å². The minimum Gasteiger partial charge on any atom is -0.264 e. The first-order chi connectivity index (χ1) is 23.8. The van der Waals surface area contributed by atoms with Crippen molar-refractivity contribution < 1.29 is 0 Å². The summed E-state index contributed by atoms with van der Waals surface area (Å²) in [6.45, 7) is 0. The number of rotatable bonds is 5. The molecule has 7 aromatic carbocycles. The second-order valence-corrected chi connectivity index (χ2v) is 12.7. The predicted octanol–water partition coefficient (Wildman–Crippen LogP) is 12.4. The monoisotopic (exact) mass is 611 g/mol. The summed E-state index contributed by atoms with van der Waals surface area (Å²) >= 11 is 0. The summed E-state index contributed by atoms with van der Waals surface area (Å²) in [7, 11) is 0. The van der Waals surface area contributed by atoms with Crippen LogP contribution in [0.2, 0.25) is 0 Å². The van der Waals surface area contributed by atoms with Crippen LogP contribution in [-0.4, -0.2) is 4.98 Å². The molecule has 1 aliphatic rings. The van der Waals surface area contributed by atoms with Gasteiger partial charge in [0.25, 0.3) is 0 Å². The van der Waals surface area contributed by atoms with E-state index in [-0.39, 0.29) is 0 Å². The number of aromatic nitrogens is 1. The van der Waals surface area contributed by atoms with E-state index in [9.17, 15) is 0 Å². The second-order valence-electron chi connectivity index (χ2n) is 12.7. The van der Waals surface area contributed by atoms with Crippen LogP contribution in [0.5, 0.6) is 0 Å². The van der Waals surface area contributed by atoms with E-state index in [4.69, 9.17) is 0 Å². The van der Waals surface area contributed by atoms with Gasteiger partial charge in [0.1, 0.15) is 0 Å². The fraction of sp³-hybridized carbons (Fsp3) is 0.0426. The number of fused-ring (bicyclic) bond motifs is 3. The smallest absolute Gasteiger partial charge is 0.0346 e. The van der Waals surface area contributed by atoms with Crippen molar-refractivity contribution in [3.8, 4) is 44.5 Å². The molecule has 0 N–H and O–H groups in total. The number of benzene rings is 7. The zero-order valence-corrected chi connectivity index (χ0v) is 26.6. The van der Waals surface area contributed by atoms with E-state index in [0.717, 1.165) is 12.0 Å². The SMILES string of the molecule is C1=CC(c2ccc(-c3cccnc3)cc2)Cc2cccc(-c3cccc(-c4c5ccccc5c(-c5ccccc5)c5ccccc45)c3)c21. The van der Waals surface area contributed by atoms with Crippen LogP contribution < -0.4 is 0 Å². The van der Waals surface area contributed by atoms with Crippen LogP contribution in [0.4, 0.5) is 0 Å². The van der Waals surface area contributed by atoms with E-state index < -0.39 is 0 Å². The van der Waals surface area contributed by atoms with Gasteiger partial charge in [0.15, 0.2) is 0 Å². The number of pyridine rings is 1. The van der Waals surface area contributed by atoms with E-state index in [1.807, 2.05) is 18.5 Å². The molecule has 0 radical (unpaired) electrons. The molecule has 1 aliphatic carbocycles. The van der Waals surface area contributed by atoms with Crippen molar-refractivity contribution in [1.82, 2.24) is 4.98 Å². The molecular formula is C47H33N. The topological polar surface area (TPSA) is 12.9 Å². The van der Waals surface area contributed by atoms with Crippen LogP contribution in [0.3, 0.4) is 0 Å². The van der Waals surface area contributed by atoms with Crippen molar-refractivity contribution in [2.75, 3.05) is 0 Å². The fourth-order valence-corrected chi connectivity index (χ4v) is 7.64. The zero-order chi connectivity index (χ0) is 31.9. The van der Waals surface area contributed by atoms with Gasteiger partial charge in [-0.3, -0.25) is 4.98 Å². The van der Waals surface area contributed by atoms with Crippen LogP contribution >= 0.6 is 0 Å². The molecule has 48 heavy (non-hydrogen) atoms. The lowest BCUT2D eigenvalue weighted by Gasteiger charge is -2.23. The van der Waals surface area contributed by atoms with Crippen molar-refractivity contribution >= 4 is 27.6 Å². The van der Waals surface area contributed by atoms with Crippen molar-refractivity contribution in [3.05, 3.63) is 193 Å². The molecule has 0 spiro atoms. The van der Waals surface area contributed by atoms with Gasteiger partial charge in [-0.15, -0.1) is 0 Å². The first kappa shape index (κ1) is 28.2. The van der Waals surface area contributed by atoms with Crippen LogP contribution in [0.25, 0.3) is 72.1 Å². The molecule has 0 saturated heterocycles. The molecule has 0 aliphatic heterocycles. The van der Waals surface area contributed by atoms with Crippen LogP contribution in [0.1, 0.15) is 22.6 Å². The normalized spacial score (nSPS) is 13.9. The first-order valence-electron chi connectivity index (χ1n) is 16.7. The lowest BCUT2D eigenvalue weighted by Crippen LogP contribution is -2.06. The minimum absolute atomic E-state index is 0.350. The van der Waals surface area contributed by atoms with Crippen LogP contribution in [0, 0.1) is 0 Å². The van der Waals surface area contributed by atoms with Gasteiger partial charge >= 0.3 is 0 Å². The Bertz CT molecular complexity index is 2400. The van der Waals surface area contributed by atoms with Crippen molar-refractivity contribution in [2.45, 2.75) is 12.3 Å². The van der Waals surface area contributed by atoms with E-state index in [0.29, 0.717) is 5.92 Å². The van der Waals surface area contributed by atoms with Crippen molar-refractivity contribution in [1.29, 1.82) is 0 Å². The second kappa shape index (κ2) is 12.0. The first-order valence-corrected chi connectivity index (χ1v) is 16.7. The molecule has 1 aromatic heterocycles. The van der Waals surface area contributed by atoms with Crippen LogP contribution in [-0.2, 0) is 6.42 Å². The van der Waals surface area contributed by atoms with E-state index >= 15 is 0 Å². The Morgan fingerprint density at radius 1 is 0.458 bits per heavy atom. The molecule has 0 bridgehead atoms. The number of hydrogen-bond donors (Lipinski definition) is 0. The van der Waals surface area contributed by atoms with Gasteiger partial charge in [-0.25, -0.2) is 0 Å².